The van der Waals surface area contributed by atoms with E-state index in [1.165, 1.54) is 12.8 Å². The first-order valence-corrected chi connectivity index (χ1v) is 6.37. The predicted molar refractivity (Wildman–Crippen MR) is 68.8 cm³/mol. The molecule has 84 valence electrons. The Bertz CT molecular complexity index is 413. The van der Waals surface area contributed by atoms with Crippen molar-refractivity contribution in [2.75, 3.05) is 11.9 Å². The third kappa shape index (κ3) is 1.97. The van der Waals surface area contributed by atoms with Gasteiger partial charge in [-0.2, -0.15) is 0 Å². The Morgan fingerprint density at radius 1 is 1.25 bits per heavy atom. The molecule has 0 aromatic heterocycles. The number of hydrogen-bond acceptors (Lipinski definition) is 1. The topological polar surface area (TPSA) is 12.0 Å². The molecule has 1 nitrogen and oxygen atoms in total. The first kappa shape index (κ1) is 10.2. The highest BCUT2D eigenvalue weighted by molar-refractivity contribution is 6.30. The standard InChI is InChI=1S/C14H16ClN/c15-13-2-1-3-14(8-13)16-9-12-7-10-4-5-11(12)6-10/h1-5,8,10-12,16H,6-7,9H2. The molecule has 1 N–H and O–H groups in total. The smallest absolute Gasteiger partial charge is 0.0426 e. The first-order chi connectivity index (χ1) is 7.81. The largest absolute Gasteiger partial charge is 0.385 e. The number of anilines is 1. The molecule has 2 heteroatoms. The zero-order valence-electron chi connectivity index (χ0n) is 9.20. The fraction of sp³-hybridized carbons (Fsp3) is 0.429. The van der Waals surface area contributed by atoms with E-state index in [0.717, 1.165) is 35.0 Å². The molecule has 0 spiro atoms. The van der Waals surface area contributed by atoms with Gasteiger partial charge in [-0.05, 0) is 48.8 Å². The van der Waals surface area contributed by atoms with Gasteiger partial charge < -0.3 is 5.32 Å². The highest BCUT2D eigenvalue weighted by atomic mass is 35.5. The number of allylic oxidation sites excluding steroid dienone is 2. The van der Waals surface area contributed by atoms with E-state index in [0.29, 0.717) is 0 Å². The normalized spacial score (nSPS) is 30.9. The van der Waals surface area contributed by atoms with Gasteiger partial charge in [0.1, 0.15) is 0 Å². The Labute approximate surface area is 102 Å². The maximum Gasteiger partial charge on any atom is 0.0426 e. The van der Waals surface area contributed by atoms with Crippen LogP contribution in [0.5, 0.6) is 0 Å². The molecule has 3 rings (SSSR count). The number of benzene rings is 1. The first-order valence-electron chi connectivity index (χ1n) is 5.99. The van der Waals surface area contributed by atoms with Crippen molar-refractivity contribution in [2.24, 2.45) is 17.8 Å². The Morgan fingerprint density at radius 3 is 2.88 bits per heavy atom. The molecule has 0 amide bonds. The minimum Gasteiger partial charge on any atom is -0.385 e. The number of fused-ring (bicyclic) bond motifs is 2. The molecule has 2 aliphatic carbocycles. The Hall–Kier alpha value is -0.950. The Balaban J connectivity index is 1.59. The van der Waals surface area contributed by atoms with E-state index in [1.54, 1.807) is 0 Å². The average Bonchev–Trinajstić information content (AvgIpc) is 2.88. The van der Waals surface area contributed by atoms with Gasteiger partial charge in [-0.25, -0.2) is 0 Å². The highest BCUT2D eigenvalue weighted by Crippen LogP contribution is 2.43. The summed E-state index contributed by atoms with van der Waals surface area (Å²) in [5.41, 5.74) is 1.14. The van der Waals surface area contributed by atoms with E-state index in [-0.39, 0.29) is 0 Å². The van der Waals surface area contributed by atoms with Crippen LogP contribution < -0.4 is 5.32 Å². The van der Waals surface area contributed by atoms with Crippen molar-refractivity contribution in [3.8, 4) is 0 Å². The molecule has 3 atom stereocenters. The minimum absolute atomic E-state index is 0.804. The van der Waals surface area contributed by atoms with Gasteiger partial charge in [0.2, 0.25) is 0 Å². The summed E-state index contributed by atoms with van der Waals surface area (Å²) in [6.45, 7) is 1.08. The molecular formula is C14H16ClN. The second kappa shape index (κ2) is 4.14. The van der Waals surface area contributed by atoms with Crippen LogP contribution in [-0.2, 0) is 0 Å². The molecule has 3 unspecified atom stereocenters. The molecule has 0 aliphatic heterocycles. The molecule has 2 bridgehead atoms. The molecule has 0 heterocycles. The molecule has 1 fully saturated rings. The molecule has 2 aliphatic rings. The summed E-state index contributed by atoms with van der Waals surface area (Å²) in [4.78, 5) is 0. The van der Waals surface area contributed by atoms with Crippen LogP contribution in [0.1, 0.15) is 12.8 Å². The third-order valence-corrected chi connectivity index (χ3v) is 4.04. The van der Waals surface area contributed by atoms with E-state index >= 15 is 0 Å². The molecule has 1 aromatic carbocycles. The number of hydrogen-bond donors (Lipinski definition) is 1. The molecule has 1 saturated carbocycles. The van der Waals surface area contributed by atoms with E-state index in [9.17, 15) is 0 Å². The fourth-order valence-corrected chi connectivity index (χ4v) is 3.17. The lowest BCUT2D eigenvalue weighted by Gasteiger charge is -2.19. The van der Waals surface area contributed by atoms with Gasteiger partial charge in [-0.15, -0.1) is 0 Å². The second-order valence-electron chi connectivity index (χ2n) is 4.93. The van der Waals surface area contributed by atoms with Gasteiger partial charge in [0.15, 0.2) is 0 Å². The lowest BCUT2D eigenvalue weighted by molar-refractivity contribution is 0.472. The van der Waals surface area contributed by atoms with Crippen LogP contribution in [0.2, 0.25) is 5.02 Å². The monoisotopic (exact) mass is 233 g/mol. The number of rotatable bonds is 3. The average molecular weight is 234 g/mol. The van der Waals surface area contributed by atoms with Gasteiger partial charge >= 0.3 is 0 Å². The van der Waals surface area contributed by atoms with Gasteiger partial charge in [0.05, 0.1) is 0 Å². The molecule has 16 heavy (non-hydrogen) atoms. The summed E-state index contributed by atoms with van der Waals surface area (Å²) in [6.07, 6.45) is 7.52. The van der Waals surface area contributed by atoms with Gasteiger partial charge in [0, 0.05) is 17.3 Å². The molecular weight excluding hydrogens is 218 g/mol. The van der Waals surface area contributed by atoms with Crippen molar-refractivity contribution >= 4 is 17.3 Å². The lowest BCUT2D eigenvalue weighted by atomic mass is 9.93. The second-order valence-corrected chi connectivity index (χ2v) is 5.37. The third-order valence-electron chi connectivity index (χ3n) is 3.81. The quantitative estimate of drug-likeness (QED) is 0.780. The predicted octanol–water partition coefficient (Wildman–Crippen LogP) is 3.96. The van der Waals surface area contributed by atoms with Crippen LogP contribution >= 0.6 is 11.6 Å². The zero-order chi connectivity index (χ0) is 11.0. The summed E-state index contributed by atoms with van der Waals surface area (Å²) in [5, 5.41) is 4.30. The van der Waals surface area contributed by atoms with E-state index in [4.69, 9.17) is 11.6 Å². The van der Waals surface area contributed by atoms with Crippen molar-refractivity contribution in [1.82, 2.24) is 0 Å². The van der Waals surface area contributed by atoms with Crippen LogP contribution in [0.3, 0.4) is 0 Å². The van der Waals surface area contributed by atoms with E-state index in [1.807, 2.05) is 18.2 Å². The van der Waals surface area contributed by atoms with Gasteiger partial charge in [0.25, 0.3) is 0 Å². The van der Waals surface area contributed by atoms with Crippen LogP contribution in [0.4, 0.5) is 5.69 Å². The highest BCUT2D eigenvalue weighted by Gasteiger charge is 2.35. The SMILES string of the molecule is Clc1cccc(NCC2CC3C=CC2C3)c1. The number of halogens is 1. The Morgan fingerprint density at radius 2 is 2.19 bits per heavy atom. The van der Waals surface area contributed by atoms with Crippen molar-refractivity contribution in [3.63, 3.8) is 0 Å². The van der Waals surface area contributed by atoms with Crippen LogP contribution in [0, 0.1) is 17.8 Å². The molecule has 0 saturated heterocycles. The van der Waals surface area contributed by atoms with Crippen molar-refractivity contribution in [1.29, 1.82) is 0 Å². The maximum absolute atomic E-state index is 5.95. The van der Waals surface area contributed by atoms with E-state index in [2.05, 4.69) is 23.5 Å². The molecule has 0 radical (unpaired) electrons. The minimum atomic E-state index is 0.804. The van der Waals surface area contributed by atoms with Crippen molar-refractivity contribution in [3.05, 3.63) is 41.4 Å². The van der Waals surface area contributed by atoms with Crippen LogP contribution in [0.25, 0.3) is 0 Å². The van der Waals surface area contributed by atoms with Crippen molar-refractivity contribution < 1.29 is 0 Å². The zero-order valence-corrected chi connectivity index (χ0v) is 9.95. The summed E-state index contributed by atoms with van der Waals surface area (Å²) in [5.74, 6) is 2.49. The number of nitrogens with one attached hydrogen (secondary N) is 1. The van der Waals surface area contributed by atoms with Crippen LogP contribution in [-0.4, -0.2) is 6.54 Å². The van der Waals surface area contributed by atoms with Crippen molar-refractivity contribution in [2.45, 2.75) is 12.8 Å². The summed E-state index contributed by atoms with van der Waals surface area (Å²) >= 11 is 5.95. The summed E-state index contributed by atoms with van der Waals surface area (Å²) in [6, 6.07) is 7.97. The van der Waals surface area contributed by atoms with Crippen LogP contribution in [0.15, 0.2) is 36.4 Å². The van der Waals surface area contributed by atoms with Gasteiger partial charge in [-0.3, -0.25) is 0 Å². The maximum atomic E-state index is 5.95. The lowest BCUT2D eigenvalue weighted by Crippen LogP contribution is -2.18. The summed E-state index contributed by atoms with van der Waals surface area (Å²) in [7, 11) is 0. The molecule has 1 aromatic rings. The van der Waals surface area contributed by atoms with E-state index < -0.39 is 0 Å². The summed E-state index contributed by atoms with van der Waals surface area (Å²) < 4.78 is 0. The fourth-order valence-electron chi connectivity index (χ4n) is 2.98. The van der Waals surface area contributed by atoms with Gasteiger partial charge in [-0.1, -0.05) is 29.8 Å². The Kier molecular flexibility index (Phi) is 2.64.